The number of rotatable bonds is 14. The average Bonchev–Trinajstić information content (AvgIpc) is 3.42. The smallest absolute Gasteiger partial charge is 0.0468 e. The number of nitrogens with zero attached hydrogens (tertiary/aromatic N) is 2. The average molecular weight is 871 g/mol. The highest BCUT2D eigenvalue weighted by Crippen LogP contribution is 2.41. The van der Waals surface area contributed by atoms with Crippen molar-refractivity contribution in [2.45, 2.75) is 0 Å². The molecular formula is C66H50N2. The van der Waals surface area contributed by atoms with E-state index in [1.165, 1.54) is 38.9 Å². The van der Waals surface area contributed by atoms with Gasteiger partial charge in [-0.3, -0.25) is 0 Å². The monoisotopic (exact) mass is 870 g/mol. The number of hydrogen-bond donors (Lipinski definition) is 0. The number of anilines is 5. The van der Waals surface area contributed by atoms with Crippen LogP contribution in [0.25, 0.3) is 61.7 Å². The Bertz CT molecular complexity index is 3270. The van der Waals surface area contributed by atoms with Gasteiger partial charge in [0.2, 0.25) is 0 Å². The van der Waals surface area contributed by atoms with Crippen molar-refractivity contribution >= 4 is 34.5 Å². The van der Waals surface area contributed by atoms with Gasteiger partial charge in [-0.15, -0.1) is 0 Å². The molecule has 0 heterocycles. The maximum absolute atomic E-state index is 4.25. The quantitative estimate of drug-likeness (QED) is 0.100. The molecule has 0 aliphatic heterocycles. The molecule has 0 bridgehead atoms. The minimum atomic E-state index is 0.971. The van der Waals surface area contributed by atoms with Gasteiger partial charge in [0.25, 0.3) is 0 Å². The molecule has 10 rings (SSSR count). The lowest BCUT2D eigenvalue weighted by Gasteiger charge is -2.27. The normalized spacial score (nSPS) is 11.3. The fourth-order valence-electron chi connectivity index (χ4n) is 8.82. The van der Waals surface area contributed by atoms with Crippen LogP contribution in [-0.4, -0.2) is 0 Å². The summed E-state index contributed by atoms with van der Waals surface area (Å²) in [5.41, 5.74) is 19.3. The van der Waals surface area contributed by atoms with Crippen LogP contribution in [0.4, 0.5) is 28.4 Å². The summed E-state index contributed by atoms with van der Waals surface area (Å²) < 4.78 is 0. The first-order valence-corrected chi connectivity index (χ1v) is 23.1. The summed E-state index contributed by atoms with van der Waals surface area (Å²) in [7, 11) is 0. The zero-order chi connectivity index (χ0) is 45.9. The zero-order valence-electron chi connectivity index (χ0n) is 37.8. The highest BCUT2D eigenvalue weighted by molar-refractivity contribution is 5.89. The predicted molar refractivity (Wildman–Crippen MR) is 291 cm³/mol. The number of benzene rings is 10. The van der Waals surface area contributed by atoms with Crippen LogP contribution in [0.2, 0.25) is 0 Å². The molecular weight excluding hydrogens is 821 g/mol. The highest BCUT2D eigenvalue weighted by Gasteiger charge is 2.17. The van der Waals surface area contributed by atoms with E-state index in [0.717, 1.165) is 56.4 Å². The van der Waals surface area contributed by atoms with E-state index in [0.29, 0.717) is 0 Å². The molecule has 2 heteroatoms. The molecule has 0 radical (unpaired) electrons. The van der Waals surface area contributed by atoms with Crippen LogP contribution in [-0.2, 0) is 0 Å². The second kappa shape index (κ2) is 20.5. The standard InChI is InChI=1S/C66H50N2/c1-2-59(30-18-21-50-19-8-3-9-20-50)67(60-26-14-6-15-27-60)64-47-48-65(66(49-64)57-24-12-5-13-25-57)58-37-35-54(36-38-58)52-31-33-53(34-32-52)56-41-45-63(46-42-56)68(61-28-16-7-17-29-61)62-43-39-55(40-44-62)51-22-10-4-11-23-51/h2-49H,1H2/b21-18+,59-30+. The number of allylic oxidation sites excluding steroid dienone is 3. The van der Waals surface area contributed by atoms with Crippen LogP contribution in [0.5, 0.6) is 0 Å². The van der Waals surface area contributed by atoms with Crippen molar-refractivity contribution in [3.63, 3.8) is 0 Å². The summed E-state index contributed by atoms with van der Waals surface area (Å²) in [4.78, 5) is 4.58. The molecule has 0 atom stereocenters. The van der Waals surface area contributed by atoms with E-state index < -0.39 is 0 Å². The van der Waals surface area contributed by atoms with E-state index >= 15 is 0 Å². The van der Waals surface area contributed by atoms with Crippen molar-refractivity contribution in [2.24, 2.45) is 0 Å². The summed E-state index contributed by atoms with van der Waals surface area (Å²) in [6, 6.07) is 95.0. The van der Waals surface area contributed by atoms with Gasteiger partial charge >= 0.3 is 0 Å². The van der Waals surface area contributed by atoms with E-state index in [4.69, 9.17) is 0 Å². The Balaban J connectivity index is 0.908. The largest absolute Gasteiger partial charge is 0.311 e. The first-order valence-electron chi connectivity index (χ1n) is 23.1. The molecule has 0 fully saturated rings. The Morgan fingerprint density at radius 2 is 0.662 bits per heavy atom. The van der Waals surface area contributed by atoms with Crippen molar-refractivity contribution in [3.8, 4) is 55.6 Å². The maximum atomic E-state index is 4.25. The Morgan fingerprint density at radius 3 is 1.15 bits per heavy atom. The van der Waals surface area contributed by atoms with Crippen molar-refractivity contribution < 1.29 is 0 Å². The summed E-state index contributed by atoms with van der Waals surface area (Å²) in [6.45, 7) is 4.25. The Labute approximate surface area is 401 Å². The van der Waals surface area contributed by atoms with Crippen LogP contribution >= 0.6 is 0 Å². The molecule has 0 saturated heterocycles. The topological polar surface area (TPSA) is 6.48 Å². The Hall–Kier alpha value is -8.98. The van der Waals surface area contributed by atoms with Crippen LogP contribution in [0.15, 0.2) is 297 Å². The van der Waals surface area contributed by atoms with Crippen LogP contribution in [0.1, 0.15) is 5.56 Å². The second-order valence-electron chi connectivity index (χ2n) is 16.6. The van der Waals surface area contributed by atoms with Crippen LogP contribution in [0, 0.1) is 0 Å². The summed E-state index contributed by atoms with van der Waals surface area (Å²) >= 11 is 0. The van der Waals surface area contributed by atoms with E-state index in [1.807, 2.05) is 12.1 Å². The van der Waals surface area contributed by atoms with Crippen LogP contribution in [0.3, 0.4) is 0 Å². The minimum Gasteiger partial charge on any atom is -0.311 e. The van der Waals surface area contributed by atoms with Gasteiger partial charge in [-0.2, -0.15) is 0 Å². The highest BCUT2D eigenvalue weighted by atomic mass is 15.1. The van der Waals surface area contributed by atoms with E-state index in [9.17, 15) is 0 Å². The molecule has 0 amide bonds. The van der Waals surface area contributed by atoms with Gasteiger partial charge in [-0.1, -0.05) is 225 Å². The lowest BCUT2D eigenvalue weighted by molar-refractivity contribution is 1.21. The molecule has 0 saturated carbocycles. The van der Waals surface area contributed by atoms with E-state index in [2.05, 4.69) is 295 Å². The molecule has 0 aliphatic rings. The molecule has 0 N–H and O–H groups in total. The zero-order valence-corrected chi connectivity index (χ0v) is 37.8. The third kappa shape index (κ3) is 9.67. The van der Waals surface area contributed by atoms with Crippen molar-refractivity contribution in [1.82, 2.24) is 0 Å². The van der Waals surface area contributed by atoms with Gasteiger partial charge in [-0.05, 0) is 134 Å². The minimum absolute atomic E-state index is 0.971. The van der Waals surface area contributed by atoms with Crippen molar-refractivity contribution in [3.05, 3.63) is 303 Å². The molecule has 10 aromatic carbocycles. The molecule has 2 nitrogen and oxygen atoms in total. The predicted octanol–water partition coefficient (Wildman–Crippen LogP) is 18.4. The van der Waals surface area contributed by atoms with Gasteiger partial charge in [0, 0.05) is 34.1 Å². The Morgan fingerprint density at radius 1 is 0.309 bits per heavy atom. The third-order valence-electron chi connectivity index (χ3n) is 12.3. The lowest BCUT2D eigenvalue weighted by atomic mass is 9.92. The van der Waals surface area contributed by atoms with Crippen LogP contribution < -0.4 is 9.80 Å². The summed E-state index contributed by atoms with van der Waals surface area (Å²) in [5, 5.41) is 0. The third-order valence-corrected chi connectivity index (χ3v) is 12.3. The van der Waals surface area contributed by atoms with E-state index in [1.54, 1.807) is 0 Å². The molecule has 0 aliphatic carbocycles. The Kier molecular flexibility index (Phi) is 12.9. The fraction of sp³-hybridized carbons (Fsp3) is 0. The maximum Gasteiger partial charge on any atom is 0.0468 e. The van der Waals surface area contributed by atoms with Gasteiger partial charge < -0.3 is 9.80 Å². The molecule has 10 aromatic rings. The van der Waals surface area contributed by atoms with Crippen molar-refractivity contribution in [2.75, 3.05) is 9.80 Å². The number of hydrogen-bond acceptors (Lipinski definition) is 2. The van der Waals surface area contributed by atoms with Gasteiger partial charge in [-0.25, -0.2) is 0 Å². The summed E-state index contributed by atoms with van der Waals surface area (Å²) in [6.07, 6.45) is 8.26. The summed E-state index contributed by atoms with van der Waals surface area (Å²) in [5.74, 6) is 0. The van der Waals surface area contributed by atoms with Crippen molar-refractivity contribution in [1.29, 1.82) is 0 Å². The van der Waals surface area contributed by atoms with Gasteiger partial charge in [0.15, 0.2) is 0 Å². The number of para-hydroxylation sites is 2. The molecule has 324 valence electrons. The first kappa shape index (κ1) is 42.9. The first-order chi connectivity index (χ1) is 33.7. The van der Waals surface area contributed by atoms with Gasteiger partial charge in [0.05, 0.1) is 0 Å². The fourth-order valence-corrected chi connectivity index (χ4v) is 8.82. The molecule has 0 aromatic heterocycles. The second-order valence-corrected chi connectivity index (χ2v) is 16.6. The molecule has 0 spiro atoms. The van der Waals surface area contributed by atoms with E-state index in [-0.39, 0.29) is 0 Å². The van der Waals surface area contributed by atoms with Gasteiger partial charge in [0.1, 0.15) is 0 Å². The molecule has 0 unspecified atom stereocenters. The SMILES string of the molecule is C=C/C(=C\C=C\c1ccccc1)N(c1ccccc1)c1ccc(-c2ccc(-c3ccc(-c4ccc(N(c5ccccc5)c5ccc(-c6ccccc6)cc5)cc4)cc3)cc2)c(-c2ccccc2)c1. The molecule has 68 heavy (non-hydrogen) atoms. The lowest BCUT2D eigenvalue weighted by Crippen LogP contribution is -2.15.